The lowest BCUT2D eigenvalue weighted by Crippen LogP contribution is -2.31. The van der Waals surface area contributed by atoms with Gasteiger partial charge in [0, 0.05) is 24.1 Å². The summed E-state index contributed by atoms with van der Waals surface area (Å²) in [7, 11) is 0. The molecule has 0 radical (unpaired) electrons. The third kappa shape index (κ3) is 5.97. The Kier molecular flexibility index (Phi) is 7.33. The summed E-state index contributed by atoms with van der Waals surface area (Å²) < 4.78 is 44.7. The molecule has 34 heavy (non-hydrogen) atoms. The zero-order valence-corrected chi connectivity index (χ0v) is 18.1. The lowest BCUT2D eigenvalue weighted by Gasteiger charge is -2.17. The predicted molar refractivity (Wildman–Crippen MR) is 114 cm³/mol. The maximum atomic E-state index is 13.3. The van der Waals surface area contributed by atoms with Crippen molar-refractivity contribution in [2.75, 3.05) is 5.32 Å². The first-order valence-corrected chi connectivity index (χ1v) is 10.5. The number of hydrogen-bond donors (Lipinski definition) is 1. The molecule has 1 amide bonds. The first-order valence-electron chi connectivity index (χ1n) is 10.5. The van der Waals surface area contributed by atoms with E-state index in [-0.39, 0.29) is 18.6 Å². The molecule has 8 nitrogen and oxygen atoms in total. The third-order valence-electron chi connectivity index (χ3n) is 5.43. The van der Waals surface area contributed by atoms with E-state index >= 15 is 0 Å². The van der Waals surface area contributed by atoms with Crippen LogP contribution >= 0.6 is 0 Å². The number of halogens is 3. The van der Waals surface area contributed by atoms with Crippen LogP contribution in [0.2, 0.25) is 0 Å². The number of ketones is 1. The topological polar surface area (TPSA) is 116 Å². The minimum absolute atomic E-state index is 0.146. The van der Waals surface area contributed by atoms with Crippen molar-refractivity contribution in [3.8, 4) is 0 Å². The number of nitrogens with zero attached hydrogens (tertiary/aromatic N) is 1. The van der Waals surface area contributed by atoms with Crippen molar-refractivity contribution in [3.05, 3.63) is 68.8 Å². The molecule has 0 spiro atoms. The van der Waals surface area contributed by atoms with Gasteiger partial charge in [0.2, 0.25) is 0 Å². The Morgan fingerprint density at radius 1 is 1.09 bits per heavy atom. The van der Waals surface area contributed by atoms with Crippen LogP contribution in [0.3, 0.4) is 0 Å². The summed E-state index contributed by atoms with van der Waals surface area (Å²) in [4.78, 5) is 46.5. The summed E-state index contributed by atoms with van der Waals surface area (Å²) in [5, 5.41) is 12.7. The van der Waals surface area contributed by atoms with Gasteiger partial charge in [-0.2, -0.15) is 13.2 Å². The monoisotopic (exact) mass is 478 g/mol. The van der Waals surface area contributed by atoms with Crippen LogP contribution in [0.15, 0.2) is 36.4 Å². The molecule has 1 N–H and O–H groups in total. The number of rotatable bonds is 8. The minimum atomic E-state index is -4.97. The van der Waals surface area contributed by atoms with Gasteiger partial charge in [0.15, 0.2) is 11.9 Å². The molecule has 0 heterocycles. The Balaban J connectivity index is 1.56. The zero-order chi connectivity index (χ0) is 25.0. The molecule has 0 saturated carbocycles. The van der Waals surface area contributed by atoms with Crippen molar-refractivity contribution in [2.24, 2.45) is 0 Å². The van der Waals surface area contributed by atoms with Gasteiger partial charge in [-0.3, -0.25) is 24.5 Å². The molecule has 11 heteroatoms. The molecule has 0 fully saturated rings. The number of nitrogens with one attached hydrogen (secondary N) is 1. The Morgan fingerprint density at radius 3 is 2.47 bits per heavy atom. The number of benzene rings is 2. The number of fused-ring (bicyclic) bond motifs is 1. The first kappa shape index (κ1) is 24.9. The summed E-state index contributed by atoms with van der Waals surface area (Å²) in [5.74, 6) is -2.18. The smallest absolute Gasteiger partial charge is 0.418 e. The van der Waals surface area contributed by atoms with E-state index in [1.54, 1.807) is 6.07 Å². The Morgan fingerprint density at radius 2 is 1.79 bits per heavy atom. The average Bonchev–Trinajstić information content (AvgIpc) is 3.24. The largest absolute Gasteiger partial charge is 0.453 e. The number of carbonyl (C=O) groups is 3. The quantitative estimate of drug-likeness (QED) is 0.256. The maximum absolute atomic E-state index is 13.3. The standard InChI is InChI=1S/C23H21F3N2O6/c1-13(22(31)27-19-8-7-17(28(32)33)12-18(19)23(24,25)26)34-21(30)10-9-20(29)16-6-5-14-3-2-4-15(14)11-16/h5-8,11-13H,2-4,9-10H2,1H3,(H,27,31). The van der Waals surface area contributed by atoms with Crippen LogP contribution in [0.5, 0.6) is 0 Å². The minimum Gasteiger partial charge on any atom is -0.453 e. The fourth-order valence-corrected chi connectivity index (χ4v) is 3.64. The molecule has 0 bridgehead atoms. The average molecular weight is 478 g/mol. The summed E-state index contributed by atoms with van der Waals surface area (Å²) in [6, 6.07) is 7.28. The van der Waals surface area contributed by atoms with Crippen LogP contribution < -0.4 is 5.32 Å². The fourth-order valence-electron chi connectivity index (χ4n) is 3.64. The summed E-state index contributed by atoms with van der Waals surface area (Å²) in [6.45, 7) is 1.16. The van der Waals surface area contributed by atoms with Gasteiger partial charge in [-0.1, -0.05) is 12.1 Å². The molecular formula is C23H21F3N2O6. The summed E-state index contributed by atoms with van der Waals surface area (Å²) in [5.41, 5.74) is -0.109. The predicted octanol–water partition coefficient (Wildman–Crippen LogP) is 4.64. The highest BCUT2D eigenvalue weighted by Gasteiger charge is 2.36. The highest BCUT2D eigenvalue weighted by Crippen LogP contribution is 2.37. The van der Waals surface area contributed by atoms with E-state index in [2.05, 4.69) is 0 Å². The van der Waals surface area contributed by atoms with Gasteiger partial charge in [-0.25, -0.2) is 0 Å². The normalized spacial score (nSPS) is 13.6. The van der Waals surface area contributed by atoms with Crippen molar-refractivity contribution in [1.29, 1.82) is 0 Å². The number of carbonyl (C=O) groups excluding carboxylic acids is 3. The second-order valence-electron chi connectivity index (χ2n) is 7.87. The number of nitro benzene ring substituents is 1. The summed E-state index contributed by atoms with van der Waals surface area (Å²) >= 11 is 0. The van der Waals surface area contributed by atoms with E-state index in [0.717, 1.165) is 43.9 Å². The summed E-state index contributed by atoms with van der Waals surface area (Å²) in [6.07, 6.45) is -3.98. The van der Waals surface area contributed by atoms with Crippen LogP contribution in [0, 0.1) is 10.1 Å². The number of Topliss-reactive ketones (excluding diaryl/α,β-unsaturated/α-hetero) is 1. The van der Waals surface area contributed by atoms with E-state index < -0.39 is 46.0 Å². The lowest BCUT2D eigenvalue weighted by molar-refractivity contribution is -0.385. The van der Waals surface area contributed by atoms with Crippen LogP contribution in [-0.2, 0) is 33.3 Å². The van der Waals surface area contributed by atoms with E-state index in [9.17, 15) is 37.7 Å². The van der Waals surface area contributed by atoms with Crippen molar-refractivity contribution < 1.29 is 37.2 Å². The highest BCUT2D eigenvalue weighted by molar-refractivity contribution is 5.98. The molecule has 0 aliphatic heterocycles. The van der Waals surface area contributed by atoms with E-state index in [0.29, 0.717) is 11.6 Å². The van der Waals surface area contributed by atoms with Gasteiger partial charge in [0.05, 0.1) is 22.6 Å². The van der Waals surface area contributed by atoms with Gasteiger partial charge in [0.25, 0.3) is 11.6 Å². The number of aryl methyl sites for hydroxylation is 2. The number of nitro groups is 1. The molecule has 1 unspecified atom stereocenters. The third-order valence-corrected chi connectivity index (χ3v) is 5.43. The van der Waals surface area contributed by atoms with E-state index in [1.165, 1.54) is 5.56 Å². The molecule has 0 saturated heterocycles. The number of ether oxygens (including phenoxy) is 1. The van der Waals surface area contributed by atoms with Gasteiger partial charge < -0.3 is 10.1 Å². The highest BCUT2D eigenvalue weighted by atomic mass is 19.4. The van der Waals surface area contributed by atoms with Gasteiger partial charge in [-0.05, 0) is 49.4 Å². The van der Waals surface area contributed by atoms with E-state index in [1.807, 2.05) is 17.4 Å². The molecule has 1 aliphatic rings. The number of anilines is 1. The Hall–Kier alpha value is -3.76. The number of amides is 1. The SMILES string of the molecule is CC(OC(=O)CCC(=O)c1ccc2c(c1)CCC2)C(=O)Nc1ccc([N+](=O)[O-])cc1C(F)(F)F. The molecule has 1 atom stereocenters. The molecule has 2 aromatic carbocycles. The second-order valence-corrected chi connectivity index (χ2v) is 7.87. The Bertz CT molecular complexity index is 1150. The Labute approximate surface area is 192 Å². The van der Waals surface area contributed by atoms with E-state index in [4.69, 9.17) is 4.74 Å². The van der Waals surface area contributed by atoms with Gasteiger partial charge >= 0.3 is 12.1 Å². The van der Waals surface area contributed by atoms with Crippen LogP contribution in [0.25, 0.3) is 0 Å². The number of non-ortho nitro benzene ring substituents is 1. The number of alkyl halides is 3. The van der Waals surface area contributed by atoms with Crippen LogP contribution in [0.4, 0.5) is 24.5 Å². The molecular weight excluding hydrogens is 457 g/mol. The van der Waals surface area contributed by atoms with Crippen molar-refractivity contribution >= 4 is 29.0 Å². The molecule has 2 aromatic rings. The molecule has 180 valence electrons. The first-order chi connectivity index (χ1) is 16.0. The maximum Gasteiger partial charge on any atom is 0.418 e. The van der Waals surface area contributed by atoms with Gasteiger partial charge in [0.1, 0.15) is 0 Å². The van der Waals surface area contributed by atoms with Crippen molar-refractivity contribution in [2.45, 2.75) is 51.3 Å². The van der Waals surface area contributed by atoms with Crippen LogP contribution in [-0.4, -0.2) is 28.7 Å². The number of esters is 1. The molecule has 3 rings (SSSR count). The van der Waals surface area contributed by atoms with Crippen molar-refractivity contribution in [3.63, 3.8) is 0 Å². The number of hydrogen-bond acceptors (Lipinski definition) is 6. The lowest BCUT2D eigenvalue weighted by atomic mass is 10.0. The van der Waals surface area contributed by atoms with Gasteiger partial charge in [-0.15, -0.1) is 0 Å². The second kappa shape index (κ2) is 10.0. The zero-order valence-electron chi connectivity index (χ0n) is 18.1. The van der Waals surface area contributed by atoms with Crippen molar-refractivity contribution in [1.82, 2.24) is 0 Å². The molecule has 1 aliphatic carbocycles. The van der Waals surface area contributed by atoms with Crippen LogP contribution in [0.1, 0.15) is 53.2 Å². The molecule has 0 aromatic heterocycles. The fraction of sp³-hybridized carbons (Fsp3) is 0.348.